The number of ether oxygens (including phenoxy) is 1. The Balaban J connectivity index is 2.68. The Bertz CT molecular complexity index is 324. The highest BCUT2D eigenvalue weighted by Crippen LogP contribution is 2.28. The molecule has 2 nitrogen and oxygen atoms in total. The van der Waals surface area contributed by atoms with E-state index in [1.165, 1.54) is 12.8 Å². The minimum Gasteiger partial charge on any atom is -0.495 e. The van der Waals surface area contributed by atoms with E-state index in [1.54, 1.807) is 7.11 Å². The summed E-state index contributed by atoms with van der Waals surface area (Å²) in [6, 6.07) is 5.63. The van der Waals surface area contributed by atoms with Crippen molar-refractivity contribution >= 4 is 17.3 Å². The average Bonchev–Trinajstić information content (AvgIpc) is 2.30. The van der Waals surface area contributed by atoms with Crippen molar-refractivity contribution in [2.75, 3.05) is 19.0 Å². The Morgan fingerprint density at radius 1 is 1.31 bits per heavy atom. The third-order valence-electron chi connectivity index (χ3n) is 2.90. The standard InChI is InChI=1S/C13H20ClNO/c1-4-10(5-2)9-15-12-8-11(14)6-7-13(12)16-3/h6-8,10,15H,4-5,9H2,1-3H3. The van der Waals surface area contributed by atoms with Crippen molar-refractivity contribution < 1.29 is 4.74 Å². The molecule has 1 aromatic rings. The fourth-order valence-electron chi connectivity index (χ4n) is 1.65. The molecular formula is C13H20ClNO. The van der Waals surface area contributed by atoms with E-state index in [-0.39, 0.29) is 0 Å². The van der Waals surface area contributed by atoms with Gasteiger partial charge in [-0.2, -0.15) is 0 Å². The van der Waals surface area contributed by atoms with Gasteiger partial charge in [0.05, 0.1) is 12.8 Å². The van der Waals surface area contributed by atoms with Crippen LogP contribution in [0.2, 0.25) is 5.02 Å². The van der Waals surface area contributed by atoms with Gasteiger partial charge in [0.25, 0.3) is 0 Å². The topological polar surface area (TPSA) is 21.3 Å². The molecule has 0 unspecified atom stereocenters. The summed E-state index contributed by atoms with van der Waals surface area (Å²) in [5.41, 5.74) is 0.974. The van der Waals surface area contributed by atoms with E-state index in [2.05, 4.69) is 19.2 Å². The predicted octanol–water partition coefficient (Wildman–Crippen LogP) is 4.20. The second-order valence-corrected chi connectivity index (χ2v) is 4.34. The van der Waals surface area contributed by atoms with Gasteiger partial charge in [-0.15, -0.1) is 0 Å². The van der Waals surface area contributed by atoms with Crippen molar-refractivity contribution in [3.8, 4) is 5.75 Å². The molecule has 0 fully saturated rings. The lowest BCUT2D eigenvalue weighted by atomic mass is 10.0. The minimum absolute atomic E-state index is 0.698. The van der Waals surface area contributed by atoms with Crippen LogP contribution in [-0.4, -0.2) is 13.7 Å². The number of rotatable bonds is 6. The van der Waals surface area contributed by atoms with E-state index in [4.69, 9.17) is 16.3 Å². The van der Waals surface area contributed by atoms with Gasteiger partial charge in [-0.05, 0) is 24.1 Å². The molecule has 1 N–H and O–H groups in total. The lowest BCUT2D eigenvalue weighted by Crippen LogP contribution is -2.13. The third kappa shape index (κ3) is 3.60. The van der Waals surface area contributed by atoms with Gasteiger partial charge in [-0.1, -0.05) is 38.3 Å². The number of halogens is 1. The first-order valence-corrected chi connectivity index (χ1v) is 6.16. The number of methoxy groups -OCH3 is 1. The molecule has 0 saturated carbocycles. The van der Waals surface area contributed by atoms with Gasteiger partial charge in [0.15, 0.2) is 0 Å². The van der Waals surface area contributed by atoms with Crippen LogP contribution in [0.15, 0.2) is 18.2 Å². The van der Waals surface area contributed by atoms with E-state index in [0.29, 0.717) is 5.92 Å². The number of hydrogen-bond acceptors (Lipinski definition) is 2. The fourth-order valence-corrected chi connectivity index (χ4v) is 1.82. The molecule has 0 aromatic heterocycles. The second-order valence-electron chi connectivity index (χ2n) is 3.91. The van der Waals surface area contributed by atoms with Gasteiger partial charge < -0.3 is 10.1 Å². The van der Waals surface area contributed by atoms with Crippen LogP contribution in [0.4, 0.5) is 5.69 Å². The third-order valence-corrected chi connectivity index (χ3v) is 3.13. The van der Waals surface area contributed by atoms with E-state index >= 15 is 0 Å². The Labute approximate surface area is 103 Å². The number of benzene rings is 1. The van der Waals surface area contributed by atoms with Gasteiger partial charge in [0, 0.05) is 11.6 Å². The number of anilines is 1. The molecule has 0 aliphatic carbocycles. The van der Waals surface area contributed by atoms with Crippen molar-refractivity contribution in [2.24, 2.45) is 5.92 Å². The molecule has 1 aromatic carbocycles. The molecule has 0 amide bonds. The van der Waals surface area contributed by atoms with Crippen LogP contribution >= 0.6 is 11.6 Å². The van der Waals surface area contributed by atoms with Gasteiger partial charge in [-0.3, -0.25) is 0 Å². The first-order valence-electron chi connectivity index (χ1n) is 5.78. The zero-order valence-electron chi connectivity index (χ0n) is 10.2. The number of nitrogens with one attached hydrogen (secondary N) is 1. The quantitative estimate of drug-likeness (QED) is 0.806. The van der Waals surface area contributed by atoms with E-state index in [0.717, 1.165) is 23.0 Å². The summed E-state index contributed by atoms with van der Waals surface area (Å²) >= 11 is 5.96. The minimum atomic E-state index is 0.698. The van der Waals surface area contributed by atoms with E-state index in [9.17, 15) is 0 Å². The maximum Gasteiger partial charge on any atom is 0.142 e. The van der Waals surface area contributed by atoms with Crippen molar-refractivity contribution in [2.45, 2.75) is 26.7 Å². The van der Waals surface area contributed by atoms with Crippen LogP contribution in [-0.2, 0) is 0 Å². The van der Waals surface area contributed by atoms with Crippen molar-refractivity contribution in [1.82, 2.24) is 0 Å². The molecule has 0 bridgehead atoms. The SMILES string of the molecule is CCC(CC)CNc1cc(Cl)ccc1OC. The summed E-state index contributed by atoms with van der Waals surface area (Å²) < 4.78 is 5.28. The molecule has 0 heterocycles. The first kappa shape index (κ1) is 13.2. The second kappa shape index (κ2) is 6.64. The Kier molecular flexibility index (Phi) is 5.47. The van der Waals surface area contributed by atoms with Gasteiger partial charge in [0.2, 0.25) is 0 Å². The average molecular weight is 242 g/mol. The molecule has 1 rings (SSSR count). The van der Waals surface area contributed by atoms with Crippen LogP contribution in [0.3, 0.4) is 0 Å². The lowest BCUT2D eigenvalue weighted by Gasteiger charge is -2.16. The molecule has 16 heavy (non-hydrogen) atoms. The molecule has 0 atom stereocenters. The van der Waals surface area contributed by atoms with Gasteiger partial charge in [0.1, 0.15) is 5.75 Å². The molecule has 3 heteroatoms. The summed E-state index contributed by atoms with van der Waals surface area (Å²) in [5.74, 6) is 1.54. The van der Waals surface area contributed by atoms with E-state index in [1.807, 2.05) is 18.2 Å². The molecule has 0 spiro atoms. The predicted molar refractivity (Wildman–Crippen MR) is 70.6 cm³/mol. The van der Waals surface area contributed by atoms with Crippen LogP contribution in [0.25, 0.3) is 0 Å². The van der Waals surface area contributed by atoms with Crippen molar-refractivity contribution in [1.29, 1.82) is 0 Å². The van der Waals surface area contributed by atoms with Crippen molar-refractivity contribution in [3.63, 3.8) is 0 Å². The summed E-state index contributed by atoms with van der Waals surface area (Å²) in [4.78, 5) is 0. The Hall–Kier alpha value is -0.890. The van der Waals surface area contributed by atoms with Crippen LogP contribution in [0.5, 0.6) is 5.75 Å². The highest BCUT2D eigenvalue weighted by atomic mass is 35.5. The largest absolute Gasteiger partial charge is 0.495 e. The Morgan fingerprint density at radius 3 is 2.56 bits per heavy atom. The molecule has 0 aliphatic heterocycles. The molecule has 0 radical (unpaired) electrons. The normalized spacial score (nSPS) is 10.6. The van der Waals surface area contributed by atoms with Gasteiger partial charge in [-0.25, -0.2) is 0 Å². The number of hydrogen-bond donors (Lipinski definition) is 1. The van der Waals surface area contributed by atoms with Crippen LogP contribution in [0.1, 0.15) is 26.7 Å². The lowest BCUT2D eigenvalue weighted by molar-refractivity contribution is 0.415. The highest BCUT2D eigenvalue weighted by Gasteiger charge is 2.06. The maximum atomic E-state index is 5.96. The summed E-state index contributed by atoms with van der Waals surface area (Å²) in [6.45, 7) is 5.39. The first-order chi connectivity index (χ1) is 7.71. The fraction of sp³-hybridized carbons (Fsp3) is 0.538. The highest BCUT2D eigenvalue weighted by molar-refractivity contribution is 6.30. The van der Waals surface area contributed by atoms with Gasteiger partial charge >= 0.3 is 0 Å². The monoisotopic (exact) mass is 241 g/mol. The zero-order chi connectivity index (χ0) is 12.0. The van der Waals surface area contributed by atoms with E-state index < -0.39 is 0 Å². The molecule has 90 valence electrons. The van der Waals surface area contributed by atoms with Crippen LogP contribution < -0.4 is 10.1 Å². The van der Waals surface area contributed by atoms with Crippen molar-refractivity contribution in [3.05, 3.63) is 23.2 Å². The van der Waals surface area contributed by atoms with Crippen LogP contribution in [0, 0.1) is 5.92 Å². The molecule has 0 saturated heterocycles. The smallest absolute Gasteiger partial charge is 0.142 e. The maximum absolute atomic E-state index is 5.96. The summed E-state index contributed by atoms with van der Waals surface area (Å²) in [7, 11) is 1.67. The summed E-state index contributed by atoms with van der Waals surface area (Å²) in [6.07, 6.45) is 2.37. The molecular weight excluding hydrogens is 222 g/mol. The Morgan fingerprint density at radius 2 is 2.00 bits per heavy atom. The summed E-state index contributed by atoms with van der Waals surface area (Å²) in [5, 5.41) is 4.13. The zero-order valence-corrected chi connectivity index (χ0v) is 11.0. The molecule has 0 aliphatic rings.